The quantitative estimate of drug-likeness (QED) is 0.531. The van der Waals surface area contributed by atoms with Gasteiger partial charge in [0, 0.05) is 19.5 Å². The van der Waals surface area contributed by atoms with Gasteiger partial charge in [-0.05, 0) is 31.9 Å². The van der Waals surface area contributed by atoms with Crippen molar-refractivity contribution in [2.45, 2.75) is 0 Å². The zero-order chi connectivity index (χ0) is 7.78. The summed E-state index contributed by atoms with van der Waals surface area (Å²) in [6.45, 7) is 0. The Labute approximate surface area is 95.1 Å². The van der Waals surface area contributed by atoms with E-state index in [1.165, 1.54) is 0 Å². The molecule has 12 heavy (non-hydrogen) atoms. The van der Waals surface area contributed by atoms with Gasteiger partial charge in [-0.2, -0.15) is 0 Å². The average molecular weight is 269 g/mol. The molecule has 7 heteroatoms. The first-order valence-electron chi connectivity index (χ1n) is 2.72. The van der Waals surface area contributed by atoms with Gasteiger partial charge in [-0.1, -0.05) is 21.6 Å². The molecule has 2 rings (SSSR count). The van der Waals surface area contributed by atoms with E-state index in [9.17, 15) is 0 Å². The second kappa shape index (κ2) is 9.51. The predicted octanol–water partition coefficient (Wildman–Crippen LogP) is 2.37. The van der Waals surface area contributed by atoms with Gasteiger partial charge in [-0.3, -0.25) is 0 Å². The molecule has 0 fully saturated rings. The third kappa shape index (κ3) is 7.09. The van der Waals surface area contributed by atoms with E-state index in [0.29, 0.717) is 0 Å². The summed E-state index contributed by atoms with van der Waals surface area (Å²) in [6, 6.07) is 1.72. The van der Waals surface area contributed by atoms with Gasteiger partial charge < -0.3 is 0 Å². The van der Waals surface area contributed by atoms with Gasteiger partial charge >= 0.3 is 0 Å². The van der Waals surface area contributed by atoms with Gasteiger partial charge in [0.25, 0.3) is 0 Å². The maximum atomic E-state index is 3.42. The molecule has 0 bridgehead atoms. The number of aromatic nitrogens is 3. The molecule has 0 amide bonds. The Morgan fingerprint density at radius 1 is 0.917 bits per heavy atom. The van der Waals surface area contributed by atoms with E-state index in [2.05, 4.69) is 26.2 Å². The zero-order valence-electron chi connectivity index (χ0n) is 6.16. The molecule has 0 atom stereocenters. The summed E-state index contributed by atoms with van der Waals surface area (Å²) in [7, 11) is 5.34. The normalized spacial score (nSPS) is 12.7. The van der Waals surface area contributed by atoms with Crippen molar-refractivity contribution in [3.8, 4) is 0 Å². The zero-order valence-corrected chi connectivity index (χ0v) is 11.6. The molecule has 0 N–H and O–H groups in total. The number of rotatable bonds is 0. The van der Waals surface area contributed by atoms with E-state index in [0.717, 1.165) is 0 Å². The predicted molar refractivity (Wildman–Crippen MR) is 51.7 cm³/mol. The monoisotopic (exact) mass is 267 g/mol. The number of hydrogen-bond donors (Lipinski definition) is 0. The molecule has 0 saturated carbocycles. The Morgan fingerprint density at radius 2 is 1.50 bits per heavy atom. The van der Waals surface area contributed by atoms with Crippen molar-refractivity contribution in [1.82, 2.24) is 15.4 Å². The molecule has 0 unspecified atom stereocenters. The molecule has 1 aliphatic rings. The minimum Gasteiger partial charge on any atom is -0.139 e. The summed E-state index contributed by atoms with van der Waals surface area (Å²) in [5.74, 6) is 0. The molecule has 0 spiro atoms. The molecule has 3 nitrogen and oxygen atoms in total. The van der Waals surface area contributed by atoms with Crippen LogP contribution < -0.4 is 0 Å². The van der Waals surface area contributed by atoms with Crippen LogP contribution in [0.15, 0.2) is 29.3 Å². The van der Waals surface area contributed by atoms with E-state index >= 15 is 0 Å². The summed E-state index contributed by atoms with van der Waals surface area (Å²) >= 11 is 0. The molecule has 2 heterocycles. The van der Waals surface area contributed by atoms with Gasteiger partial charge in [0.05, 0.1) is 12.4 Å². The molecule has 1 aromatic rings. The van der Waals surface area contributed by atoms with Gasteiger partial charge in [-0.25, -0.2) is 0 Å². The summed E-state index contributed by atoms with van der Waals surface area (Å²) in [5.41, 5.74) is 0. The van der Waals surface area contributed by atoms with Crippen LogP contribution in [0, 0.1) is 0 Å². The van der Waals surface area contributed by atoms with Crippen molar-refractivity contribution in [3.05, 3.63) is 29.3 Å². The molecule has 1 aromatic heterocycles. The Bertz CT molecular complexity index is 176. The fourth-order valence-corrected chi connectivity index (χ4v) is 3.27. The van der Waals surface area contributed by atoms with Crippen LogP contribution in [-0.2, 0) is 19.5 Å². The molecule has 0 aromatic carbocycles. The minimum absolute atomic E-state index is 0. The van der Waals surface area contributed by atoms with Crippen molar-refractivity contribution in [3.63, 3.8) is 0 Å². The van der Waals surface area contributed by atoms with Crippen LogP contribution >= 0.6 is 31.4 Å². The number of nitrogens with zero attached hydrogens (tertiary/aromatic N) is 3. The molecular formula is C5H5N3S3Zn. The van der Waals surface area contributed by atoms with Crippen molar-refractivity contribution >= 4 is 31.4 Å². The van der Waals surface area contributed by atoms with E-state index in [4.69, 9.17) is 0 Å². The minimum atomic E-state index is 0. The van der Waals surface area contributed by atoms with Crippen molar-refractivity contribution in [2.24, 2.45) is 0 Å². The van der Waals surface area contributed by atoms with Gasteiger partial charge in [-0.15, -0.1) is 10.2 Å². The largest absolute Gasteiger partial charge is 0.139 e. The van der Waals surface area contributed by atoms with E-state index in [1.54, 1.807) is 49.9 Å². The Balaban J connectivity index is 0.000000189. The summed E-state index contributed by atoms with van der Waals surface area (Å²) in [5, 5.41) is 14.3. The SMILES string of the molecule is C1=CSSS1.[Zn].c1cnnnc1. The van der Waals surface area contributed by atoms with Gasteiger partial charge in [0.1, 0.15) is 0 Å². The van der Waals surface area contributed by atoms with Crippen molar-refractivity contribution in [2.75, 3.05) is 0 Å². The van der Waals surface area contributed by atoms with Crippen LogP contribution in [0.3, 0.4) is 0 Å². The summed E-state index contributed by atoms with van der Waals surface area (Å²) in [6.07, 6.45) is 3.15. The third-order valence-corrected chi connectivity index (χ3v) is 4.03. The molecular weight excluding hydrogens is 264 g/mol. The molecule has 0 saturated heterocycles. The first-order valence-corrected chi connectivity index (χ1v) is 6.33. The van der Waals surface area contributed by atoms with Crippen LogP contribution in [0.25, 0.3) is 0 Å². The average Bonchev–Trinajstić information content (AvgIpc) is 2.64. The molecule has 0 radical (unpaired) electrons. The Hall–Kier alpha value is 0.423. The van der Waals surface area contributed by atoms with E-state index in [1.807, 2.05) is 0 Å². The molecule has 0 aliphatic carbocycles. The fraction of sp³-hybridized carbons (Fsp3) is 0. The summed E-state index contributed by atoms with van der Waals surface area (Å²) < 4.78 is 0. The van der Waals surface area contributed by atoms with Crippen molar-refractivity contribution in [1.29, 1.82) is 0 Å². The summed E-state index contributed by atoms with van der Waals surface area (Å²) in [4.78, 5) is 0. The third-order valence-electron chi connectivity index (χ3n) is 0.654. The van der Waals surface area contributed by atoms with E-state index in [-0.39, 0.29) is 19.5 Å². The van der Waals surface area contributed by atoms with Crippen LogP contribution in [0.1, 0.15) is 0 Å². The first kappa shape index (κ1) is 12.4. The van der Waals surface area contributed by atoms with Crippen LogP contribution in [-0.4, -0.2) is 15.4 Å². The maximum Gasteiger partial charge on any atom is 0.0529 e. The van der Waals surface area contributed by atoms with Crippen LogP contribution in [0.2, 0.25) is 0 Å². The Kier molecular flexibility index (Phi) is 9.85. The Morgan fingerprint density at radius 3 is 1.67 bits per heavy atom. The first-order chi connectivity index (χ1) is 5.50. The van der Waals surface area contributed by atoms with Crippen molar-refractivity contribution < 1.29 is 19.5 Å². The molecule has 1 aliphatic heterocycles. The second-order valence-corrected chi connectivity index (χ2v) is 5.20. The van der Waals surface area contributed by atoms with Gasteiger partial charge in [0.2, 0.25) is 0 Å². The van der Waals surface area contributed by atoms with Gasteiger partial charge in [0.15, 0.2) is 0 Å². The smallest absolute Gasteiger partial charge is 0.0529 e. The fourth-order valence-electron chi connectivity index (χ4n) is 0.318. The van der Waals surface area contributed by atoms with E-state index < -0.39 is 0 Å². The topological polar surface area (TPSA) is 38.7 Å². The van der Waals surface area contributed by atoms with Crippen LogP contribution in [0.5, 0.6) is 0 Å². The standard InChI is InChI=1S/C3H3N3.C2H2S3.Zn/c1-2-4-6-5-3-1;1-2-4-5-3-1;/h1-3H;1-2H;. The molecule has 60 valence electrons. The van der Waals surface area contributed by atoms with Crippen LogP contribution in [0.4, 0.5) is 0 Å². The number of hydrogen-bond acceptors (Lipinski definition) is 6. The second-order valence-electron chi connectivity index (χ2n) is 1.34. The maximum absolute atomic E-state index is 3.42.